The Balaban J connectivity index is 0.000000162. The van der Waals surface area contributed by atoms with E-state index in [0.717, 1.165) is 11.3 Å². The first-order chi connectivity index (χ1) is 14.0. The first-order valence-corrected chi connectivity index (χ1v) is 9.04. The predicted octanol–water partition coefficient (Wildman–Crippen LogP) is 2.52. The van der Waals surface area contributed by atoms with E-state index in [4.69, 9.17) is 0 Å². The van der Waals surface area contributed by atoms with Gasteiger partial charge < -0.3 is 0 Å². The van der Waals surface area contributed by atoms with Crippen molar-refractivity contribution < 1.29 is 4.39 Å². The highest BCUT2D eigenvalue weighted by Gasteiger charge is 2.15. The quantitative estimate of drug-likeness (QED) is 0.429. The van der Waals surface area contributed by atoms with Crippen LogP contribution in [0.25, 0.3) is 17.4 Å². The molecule has 0 spiro atoms. The van der Waals surface area contributed by atoms with Crippen molar-refractivity contribution in [2.75, 3.05) is 0 Å². The molecule has 11 heteroatoms. The highest BCUT2D eigenvalue weighted by Crippen LogP contribution is 2.15. The number of hydrogen-bond acceptors (Lipinski definition) is 7. The van der Waals surface area contributed by atoms with Crippen LogP contribution in [0.15, 0.2) is 37.3 Å². The van der Waals surface area contributed by atoms with Gasteiger partial charge in [0.15, 0.2) is 11.6 Å². The Labute approximate surface area is 166 Å². The average Bonchev–Trinajstić information content (AvgIpc) is 3.47. The van der Waals surface area contributed by atoms with Gasteiger partial charge in [-0.15, -0.1) is 0 Å². The maximum atomic E-state index is 14.0. The SMILES string of the molecule is CC.Cc1cn2ncnc2nc1C.Cc1nc2ncnn2c(-n2cccn2)c1F. The van der Waals surface area contributed by atoms with Gasteiger partial charge in [-0.25, -0.2) is 23.6 Å². The van der Waals surface area contributed by atoms with E-state index in [1.54, 1.807) is 29.9 Å². The maximum Gasteiger partial charge on any atom is 0.254 e. The molecular weight excluding hydrogens is 375 g/mol. The van der Waals surface area contributed by atoms with Crippen LogP contribution in [0.4, 0.5) is 4.39 Å². The van der Waals surface area contributed by atoms with Crippen molar-refractivity contribution >= 4 is 11.6 Å². The van der Waals surface area contributed by atoms with Gasteiger partial charge in [0.1, 0.15) is 12.7 Å². The molecule has 0 atom stereocenters. The van der Waals surface area contributed by atoms with E-state index in [1.165, 1.54) is 21.9 Å². The molecule has 0 aliphatic heterocycles. The third kappa shape index (κ3) is 3.93. The largest absolute Gasteiger partial charge is 0.254 e. The lowest BCUT2D eigenvalue weighted by Gasteiger charge is -2.06. The van der Waals surface area contributed by atoms with E-state index in [0.29, 0.717) is 11.6 Å². The van der Waals surface area contributed by atoms with Gasteiger partial charge in [-0.1, -0.05) is 13.8 Å². The van der Waals surface area contributed by atoms with Crippen LogP contribution in [0.3, 0.4) is 0 Å². The van der Waals surface area contributed by atoms with Crippen LogP contribution in [0, 0.1) is 26.6 Å². The van der Waals surface area contributed by atoms with Crippen LogP contribution in [0.5, 0.6) is 0 Å². The molecule has 0 radical (unpaired) electrons. The summed E-state index contributed by atoms with van der Waals surface area (Å²) in [6, 6.07) is 1.71. The van der Waals surface area contributed by atoms with Gasteiger partial charge in [0.2, 0.25) is 0 Å². The topological polar surface area (TPSA) is 104 Å². The van der Waals surface area contributed by atoms with E-state index >= 15 is 0 Å². The van der Waals surface area contributed by atoms with Crippen molar-refractivity contribution in [3.8, 4) is 5.82 Å². The van der Waals surface area contributed by atoms with Crippen LogP contribution in [0.2, 0.25) is 0 Å². The molecule has 5 heterocycles. The number of aromatic nitrogens is 10. The van der Waals surface area contributed by atoms with E-state index < -0.39 is 5.82 Å². The lowest BCUT2D eigenvalue weighted by atomic mass is 10.3. The fraction of sp³-hybridized carbons (Fsp3) is 0.278. The van der Waals surface area contributed by atoms with E-state index in [2.05, 4.69) is 35.2 Å². The standard InChI is InChI=1S/C9H7FN6.C7H8N4.C2H6/c1-6-7(10)8(15-4-2-3-12-15)16-9(14-6)11-5-13-16;1-5-3-11-7(8-4-9-11)10-6(5)2;1-2/h2-5H,1H3;3-4H,1-2H3;1-2H3. The van der Waals surface area contributed by atoms with Crippen LogP contribution in [0.1, 0.15) is 30.8 Å². The zero-order chi connectivity index (χ0) is 21.0. The Morgan fingerprint density at radius 1 is 0.862 bits per heavy atom. The number of hydrogen-bond donors (Lipinski definition) is 0. The summed E-state index contributed by atoms with van der Waals surface area (Å²) in [5, 5.41) is 11.9. The molecule has 0 aliphatic carbocycles. The van der Waals surface area contributed by atoms with Gasteiger partial charge in [-0.2, -0.15) is 29.8 Å². The highest BCUT2D eigenvalue weighted by atomic mass is 19.1. The van der Waals surface area contributed by atoms with E-state index in [1.807, 2.05) is 33.9 Å². The lowest BCUT2D eigenvalue weighted by Crippen LogP contribution is -2.10. The molecule has 5 aromatic rings. The molecule has 5 rings (SSSR count). The third-order valence-electron chi connectivity index (χ3n) is 3.94. The van der Waals surface area contributed by atoms with Crippen molar-refractivity contribution in [3.63, 3.8) is 0 Å². The summed E-state index contributed by atoms with van der Waals surface area (Å²) in [5.74, 6) is 0.768. The van der Waals surface area contributed by atoms with Gasteiger partial charge in [0, 0.05) is 24.3 Å². The molecule has 0 N–H and O–H groups in total. The second-order valence-corrected chi connectivity index (χ2v) is 5.77. The van der Waals surface area contributed by atoms with Gasteiger partial charge in [0.25, 0.3) is 11.6 Å². The van der Waals surface area contributed by atoms with Gasteiger partial charge >= 0.3 is 0 Å². The second-order valence-electron chi connectivity index (χ2n) is 5.77. The van der Waals surface area contributed by atoms with Gasteiger partial charge in [-0.3, -0.25) is 0 Å². The van der Waals surface area contributed by atoms with Crippen LogP contribution in [-0.2, 0) is 0 Å². The lowest BCUT2D eigenvalue weighted by molar-refractivity contribution is 0.572. The minimum Gasteiger partial charge on any atom is -0.220 e. The Hall–Kier alpha value is -3.76. The van der Waals surface area contributed by atoms with Crippen molar-refractivity contribution in [1.29, 1.82) is 0 Å². The molecule has 5 aromatic heterocycles. The van der Waals surface area contributed by atoms with Crippen molar-refractivity contribution in [1.82, 2.24) is 48.9 Å². The average molecular weight is 396 g/mol. The molecule has 0 unspecified atom stereocenters. The van der Waals surface area contributed by atoms with Crippen molar-refractivity contribution in [3.05, 3.63) is 60.1 Å². The summed E-state index contributed by atoms with van der Waals surface area (Å²) in [5.41, 5.74) is 2.40. The Morgan fingerprint density at radius 3 is 2.28 bits per heavy atom. The molecule has 0 aromatic carbocycles. The summed E-state index contributed by atoms with van der Waals surface area (Å²) < 4.78 is 18.3. The molecular formula is C18H21FN10. The molecule has 0 fully saturated rings. The molecule has 0 aliphatic rings. The van der Waals surface area contributed by atoms with Crippen LogP contribution < -0.4 is 0 Å². The summed E-state index contributed by atoms with van der Waals surface area (Å²) in [6.45, 7) is 9.55. The van der Waals surface area contributed by atoms with Crippen LogP contribution >= 0.6 is 0 Å². The minimum absolute atomic E-state index is 0.213. The molecule has 29 heavy (non-hydrogen) atoms. The van der Waals surface area contributed by atoms with Crippen LogP contribution in [-0.4, -0.2) is 48.9 Å². The van der Waals surface area contributed by atoms with E-state index in [-0.39, 0.29) is 11.5 Å². The normalized spacial score (nSPS) is 10.4. The fourth-order valence-electron chi connectivity index (χ4n) is 2.44. The Bertz CT molecular complexity index is 1190. The number of fused-ring (bicyclic) bond motifs is 2. The highest BCUT2D eigenvalue weighted by molar-refractivity contribution is 5.38. The van der Waals surface area contributed by atoms with Crippen molar-refractivity contribution in [2.45, 2.75) is 34.6 Å². The summed E-state index contributed by atoms with van der Waals surface area (Å²) in [7, 11) is 0. The molecule has 0 saturated heterocycles. The predicted molar refractivity (Wildman–Crippen MR) is 104 cm³/mol. The Morgan fingerprint density at radius 2 is 1.55 bits per heavy atom. The van der Waals surface area contributed by atoms with Crippen molar-refractivity contribution in [2.24, 2.45) is 0 Å². The first kappa shape index (κ1) is 20.0. The number of nitrogens with zero attached hydrogens (tertiary/aromatic N) is 10. The molecule has 10 nitrogen and oxygen atoms in total. The first-order valence-electron chi connectivity index (χ1n) is 9.04. The summed E-state index contributed by atoms with van der Waals surface area (Å²) in [4.78, 5) is 16.1. The zero-order valence-electron chi connectivity index (χ0n) is 16.8. The molecule has 0 amide bonds. The Kier molecular flexibility index (Phi) is 5.86. The molecule has 0 saturated carbocycles. The molecule has 0 bridgehead atoms. The maximum absolute atomic E-state index is 14.0. The van der Waals surface area contributed by atoms with E-state index in [9.17, 15) is 4.39 Å². The summed E-state index contributed by atoms with van der Waals surface area (Å²) >= 11 is 0. The fourth-order valence-corrected chi connectivity index (χ4v) is 2.44. The van der Waals surface area contributed by atoms with Gasteiger partial charge in [-0.05, 0) is 32.4 Å². The molecule has 150 valence electrons. The number of halogens is 1. The minimum atomic E-state index is -0.457. The monoisotopic (exact) mass is 396 g/mol. The third-order valence-corrected chi connectivity index (χ3v) is 3.94. The number of aryl methyl sites for hydroxylation is 3. The zero-order valence-corrected chi connectivity index (χ0v) is 16.8. The number of rotatable bonds is 1. The smallest absolute Gasteiger partial charge is 0.220 e. The second kappa shape index (κ2) is 8.50. The van der Waals surface area contributed by atoms with Gasteiger partial charge in [0.05, 0.1) is 5.69 Å². The summed E-state index contributed by atoms with van der Waals surface area (Å²) in [6.07, 6.45) is 7.96.